The maximum atomic E-state index is 5.64. The molecule has 0 saturated carbocycles. The van der Waals surface area contributed by atoms with Gasteiger partial charge in [-0.05, 0) is 47.2 Å². The molecule has 0 amide bonds. The Kier molecular flexibility index (Phi) is 8.26. The molecule has 0 saturated heterocycles. The summed E-state index contributed by atoms with van der Waals surface area (Å²) in [6, 6.07) is 10.0. The highest BCUT2D eigenvalue weighted by atomic mass is 35.5. The SMILES string of the molecule is Cl.Cn1nnnc1SCCCNCc1cccc(Oc2ncccn2)c1. The fourth-order valence-corrected chi connectivity index (χ4v) is 2.89. The molecule has 0 aliphatic heterocycles. The molecular weight excluding hydrogens is 374 g/mol. The number of aromatic nitrogens is 6. The number of benzene rings is 1. The Morgan fingerprint density at radius 3 is 2.81 bits per heavy atom. The first-order valence-corrected chi connectivity index (χ1v) is 8.89. The highest BCUT2D eigenvalue weighted by Crippen LogP contribution is 2.18. The van der Waals surface area contributed by atoms with Crippen molar-refractivity contribution >= 4 is 24.2 Å². The van der Waals surface area contributed by atoms with Crippen molar-refractivity contribution in [2.24, 2.45) is 7.05 Å². The van der Waals surface area contributed by atoms with Gasteiger partial charge < -0.3 is 10.1 Å². The van der Waals surface area contributed by atoms with Crippen molar-refractivity contribution in [3.05, 3.63) is 48.3 Å². The molecule has 2 heterocycles. The van der Waals surface area contributed by atoms with Gasteiger partial charge >= 0.3 is 6.01 Å². The Morgan fingerprint density at radius 1 is 1.19 bits per heavy atom. The Morgan fingerprint density at radius 2 is 2.04 bits per heavy atom. The molecule has 26 heavy (non-hydrogen) atoms. The minimum atomic E-state index is 0. The summed E-state index contributed by atoms with van der Waals surface area (Å²) in [5.74, 6) is 1.70. The molecule has 0 atom stereocenters. The summed E-state index contributed by atoms with van der Waals surface area (Å²) in [5.41, 5.74) is 1.15. The number of rotatable bonds is 9. The second kappa shape index (κ2) is 10.7. The lowest BCUT2D eigenvalue weighted by atomic mass is 10.2. The van der Waals surface area contributed by atoms with Crippen LogP contribution in [0.25, 0.3) is 0 Å². The number of nitrogens with one attached hydrogen (secondary N) is 1. The maximum absolute atomic E-state index is 5.64. The molecule has 1 aromatic carbocycles. The molecule has 3 rings (SSSR count). The first-order chi connectivity index (χ1) is 12.3. The van der Waals surface area contributed by atoms with Crippen molar-refractivity contribution in [2.45, 2.75) is 18.1 Å². The standard InChI is InChI=1S/C16H19N7OS.ClH/c1-23-16(20-21-22-23)25-10-4-7-17-12-13-5-2-6-14(11-13)24-15-18-8-3-9-19-15;/h2-3,5-6,8-9,11,17H,4,7,10,12H2,1H3;1H. The van der Waals surface area contributed by atoms with E-state index in [9.17, 15) is 0 Å². The van der Waals surface area contributed by atoms with Gasteiger partial charge in [0.1, 0.15) is 5.75 Å². The van der Waals surface area contributed by atoms with Gasteiger partial charge in [-0.15, -0.1) is 17.5 Å². The van der Waals surface area contributed by atoms with Gasteiger partial charge in [-0.25, -0.2) is 14.6 Å². The van der Waals surface area contributed by atoms with E-state index >= 15 is 0 Å². The van der Waals surface area contributed by atoms with Crippen LogP contribution in [0.4, 0.5) is 0 Å². The molecule has 0 aliphatic rings. The van der Waals surface area contributed by atoms with Crippen molar-refractivity contribution in [3.63, 3.8) is 0 Å². The molecule has 3 aromatic rings. The Bertz CT molecular complexity index is 787. The van der Waals surface area contributed by atoms with Gasteiger partial charge in [0.2, 0.25) is 5.16 Å². The van der Waals surface area contributed by atoms with E-state index in [0.29, 0.717) is 6.01 Å². The number of tetrazole rings is 1. The van der Waals surface area contributed by atoms with E-state index in [4.69, 9.17) is 4.74 Å². The highest BCUT2D eigenvalue weighted by Gasteiger charge is 2.03. The fraction of sp³-hybridized carbons (Fsp3) is 0.312. The molecule has 0 radical (unpaired) electrons. The Balaban J connectivity index is 0.00000243. The van der Waals surface area contributed by atoms with Crippen LogP contribution in [0.5, 0.6) is 11.8 Å². The Labute approximate surface area is 162 Å². The van der Waals surface area contributed by atoms with E-state index in [1.54, 1.807) is 34.9 Å². The summed E-state index contributed by atoms with van der Waals surface area (Å²) in [5, 5.41) is 15.6. The summed E-state index contributed by atoms with van der Waals surface area (Å²) in [7, 11) is 1.84. The van der Waals surface area contributed by atoms with Crippen LogP contribution >= 0.6 is 24.2 Å². The molecule has 0 unspecified atom stereocenters. The van der Waals surface area contributed by atoms with Crippen molar-refractivity contribution < 1.29 is 4.74 Å². The van der Waals surface area contributed by atoms with Crippen molar-refractivity contribution in [3.8, 4) is 11.8 Å². The predicted molar refractivity (Wildman–Crippen MR) is 102 cm³/mol. The molecule has 2 aromatic heterocycles. The smallest absolute Gasteiger partial charge is 0.321 e. The topological polar surface area (TPSA) is 90.6 Å². The van der Waals surface area contributed by atoms with E-state index in [0.717, 1.165) is 41.7 Å². The van der Waals surface area contributed by atoms with Gasteiger partial charge in [0.05, 0.1) is 0 Å². The Hall–Kier alpha value is -2.23. The van der Waals surface area contributed by atoms with Gasteiger partial charge in [0.25, 0.3) is 0 Å². The van der Waals surface area contributed by atoms with Crippen molar-refractivity contribution in [2.75, 3.05) is 12.3 Å². The molecular formula is C16H20ClN7OS. The third-order valence-electron chi connectivity index (χ3n) is 3.29. The largest absolute Gasteiger partial charge is 0.424 e. The molecule has 10 heteroatoms. The van der Waals surface area contributed by atoms with Crippen LogP contribution in [0.15, 0.2) is 47.9 Å². The number of hydrogen-bond acceptors (Lipinski definition) is 8. The van der Waals surface area contributed by atoms with Gasteiger partial charge in [0.15, 0.2) is 0 Å². The van der Waals surface area contributed by atoms with Gasteiger partial charge in [-0.2, -0.15) is 0 Å². The highest BCUT2D eigenvalue weighted by molar-refractivity contribution is 7.99. The van der Waals surface area contributed by atoms with Crippen LogP contribution in [-0.2, 0) is 13.6 Å². The van der Waals surface area contributed by atoms with Crippen molar-refractivity contribution in [1.82, 2.24) is 35.5 Å². The van der Waals surface area contributed by atoms with E-state index in [1.165, 1.54) is 0 Å². The molecule has 1 N–H and O–H groups in total. The van der Waals surface area contributed by atoms with Gasteiger partial charge in [-0.3, -0.25) is 0 Å². The van der Waals surface area contributed by atoms with Crippen LogP contribution in [-0.4, -0.2) is 42.5 Å². The lowest BCUT2D eigenvalue weighted by molar-refractivity contribution is 0.441. The molecule has 8 nitrogen and oxygen atoms in total. The summed E-state index contributed by atoms with van der Waals surface area (Å²) in [6.07, 6.45) is 4.34. The second-order valence-electron chi connectivity index (χ2n) is 5.24. The van der Waals surface area contributed by atoms with E-state index < -0.39 is 0 Å². The molecule has 0 aliphatic carbocycles. The summed E-state index contributed by atoms with van der Waals surface area (Å²) in [6.45, 7) is 1.70. The normalized spacial score (nSPS) is 10.3. The van der Waals surface area contributed by atoms with Gasteiger partial charge in [0, 0.05) is 31.7 Å². The average molecular weight is 394 g/mol. The van der Waals surface area contributed by atoms with Crippen LogP contribution in [0.1, 0.15) is 12.0 Å². The molecule has 0 fully saturated rings. The third-order valence-corrected chi connectivity index (χ3v) is 4.39. The van der Waals surface area contributed by atoms with Crippen LogP contribution in [0.2, 0.25) is 0 Å². The minimum Gasteiger partial charge on any atom is -0.424 e. The van der Waals surface area contributed by atoms with Crippen LogP contribution in [0.3, 0.4) is 0 Å². The monoisotopic (exact) mass is 393 g/mol. The third kappa shape index (κ3) is 6.25. The van der Waals surface area contributed by atoms with Crippen LogP contribution in [0, 0.1) is 0 Å². The zero-order chi connectivity index (χ0) is 17.3. The first-order valence-electron chi connectivity index (χ1n) is 7.91. The summed E-state index contributed by atoms with van der Waals surface area (Å²) < 4.78 is 7.32. The minimum absolute atomic E-state index is 0. The average Bonchev–Trinajstić information content (AvgIpc) is 3.04. The molecule has 0 bridgehead atoms. The predicted octanol–water partition coefficient (Wildman–Crippen LogP) is 2.49. The number of nitrogens with zero attached hydrogens (tertiary/aromatic N) is 6. The number of hydrogen-bond donors (Lipinski definition) is 1. The summed E-state index contributed by atoms with van der Waals surface area (Å²) >= 11 is 1.66. The number of halogens is 1. The quantitative estimate of drug-likeness (QED) is 0.438. The fourth-order valence-electron chi connectivity index (χ4n) is 2.10. The number of ether oxygens (including phenoxy) is 1. The zero-order valence-electron chi connectivity index (χ0n) is 14.3. The van der Waals surface area contributed by atoms with E-state index in [-0.39, 0.29) is 12.4 Å². The number of aryl methyl sites for hydroxylation is 1. The lowest BCUT2D eigenvalue weighted by Crippen LogP contribution is -2.15. The van der Waals surface area contributed by atoms with E-state index in [1.807, 2.05) is 25.2 Å². The van der Waals surface area contributed by atoms with Crippen molar-refractivity contribution in [1.29, 1.82) is 0 Å². The first kappa shape index (κ1) is 20.1. The second-order valence-corrected chi connectivity index (χ2v) is 6.31. The van der Waals surface area contributed by atoms with Crippen LogP contribution < -0.4 is 10.1 Å². The maximum Gasteiger partial charge on any atom is 0.321 e. The van der Waals surface area contributed by atoms with E-state index in [2.05, 4.69) is 36.9 Å². The van der Waals surface area contributed by atoms with Gasteiger partial charge in [-0.1, -0.05) is 23.9 Å². The number of thioether (sulfide) groups is 1. The summed E-state index contributed by atoms with van der Waals surface area (Å²) in [4.78, 5) is 8.12. The zero-order valence-corrected chi connectivity index (χ0v) is 15.9. The molecule has 138 valence electrons. The lowest BCUT2D eigenvalue weighted by Gasteiger charge is -2.07. The molecule has 0 spiro atoms.